The lowest BCUT2D eigenvalue weighted by atomic mass is 10.1. The van der Waals surface area contributed by atoms with E-state index in [9.17, 15) is 9.00 Å². The van der Waals surface area contributed by atoms with Crippen molar-refractivity contribution in [3.8, 4) is 0 Å². The van der Waals surface area contributed by atoms with Crippen molar-refractivity contribution in [3.05, 3.63) is 28.8 Å². The van der Waals surface area contributed by atoms with Crippen LogP contribution in [0.2, 0.25) is 5.02 Å². The third-order valence-electron chi connectivity index (χ3n) is 2.64. The van der Waals surface area contributed by atoms with Crippen molar-refractivity contribution in [2.45, 2.75) is 0 Å². The monoisotopic (exact) mass is 257 g/mol. The number of rotatable bonds is 2. The third kappa shape index (κ3) is 2.28. The van der Waals surface area contributed by atoms with Crippen LogP contribution in [0, 0.1) is 0 Å². The Morgan fingerprint density at radius 3 is 2.62 bits per heavy atom. The number of carbonyl (C=O) groups is 1. The van der Waals surface area contributed by atoms with Gasteiger partial charge in [-0.05, 0) is 12.1 Å². The maximum Gasteiger partial charge on any atom is 0.152 e. The average molecular weight is 258 g/mol. The van der Waals surface area contributed by atoms with Gasteiger partial charge in [-0.25, -0.2) is 0 Å². The van der Waals surface area contributed by atoms with Crippen molar-refractivity contribution in [1.82, 2.24) is 0 Å². The largest absolute Gasteiger partial charge is 0.368 e. The molecule has 2 rings (SSSR count). The molecule has 1 aliphatic rings. The molecule has 16 heavy (non-hydrogen) atoms. The molecule has 86 valence electrons. The number of nitrogens with zero attached hydrogens (tertiary/aromatic N) is 1. The molecule has 0 radical (unpaired) electrons. The number of carbonyl (C=O) groups excluding carboxylic acids is 1. The van der Waals surface area contributed by atoms with Crippen LogP contribution in [0.5, 0.6) is 0 Å². The van der Waals surface area contributed by atoms with E-state index >= 15 is 0 Å². The van der Waals surface area contributed by atoms with Gasteiger partial charge in [0.1, 0.15) is 0 Å². The highest BCUT2D eigenvalue weighted by molar-refractivity contribution is 7.85. The first-order chi connectivity index (χ1) is 7.72. The Bertz CT molecular complexity index is 426. The molecule has 5 heteroatoms. The summed E-state index contributed by atoms with van der Waals surface area (Å²) in [5, 5.41) is 0.581. The molecule has 1 heterocycles. The fraction of sp³-hybridized carbons (Fsp3) is 0.364. The maximum atomic E-state index is 11.3. The molecule has 1 aromatic rings. The highest BCUT2D eigenvalue weighted by Crippen LogP contribution is 2.29. The summed E-state index contributed by atoms with van der Waals surface area (Å²) in [6.45, 7) is 1.38. The fourth-order valence-corrected chi connectivity index (χ4v) is 3.18. The number of benzene rings is 1. The summed E-state index contributed by atoms with van der Waals surface area (Å²) in [4.78, 5) is 13.0. The van der Waals surface area contributed by atoms with Crippen LogP contribution in [0.1, 0.15) is 10.4 Å². The number of anilines is 1. The van der Waals surface area contributed by atoms with Gasteiger partial charge in [-0.2, -0.15) is 0 Å². The van der Waals surface area contributed by atoms with Crippen LogP contribution in [0.4, 0.5) is 5.69 Å². The predicted octanol–water partition coefficient (Wildman–Crippen LogP) is 1.72. The summed E-state index contributed by atoms with van der Waals surface area (Å²) in [5.41, 5.74) is 1.37. The fourth-order valence-electron chi connectivity index (χ4n) is 1.82. The lowest BCUT2D eigenvalue weighted by Crippen LogP contribution is -2.38. The van der Waals surface area contributed by atoms with Crippen molar-refractivity contribution >= 4 is 34.4 Å². The van der Waals surface area contributed by atoms with Crippen LogP contribution in [0.25, 0.3) is 0 Å². The van der Waals surface area contributed by atoms with E-state index in [1.165, 1.54) is 0 Å². The molecule has 0 bridgehead atoms. The molecule has 1 aliphatic heterocycles. The van der Waals surface area contributed by atoms with Gasteiger partial charge in [0.15, 0.2) is 6.29 Å². The van der Waals surface area contributed by atoms with E-state index in [4.69, 9.17) is 11.6 Å². The Morgan fingerprint density at radius 1 is 1.31 bits per heavy atom. The van der Waals surface area contributed by atoms with Gasteiger partial charge in [-0.1, -0.05) is 17.7 Å². The van der Waals surface area contributed by atoms with E-state index in [1.807, 2.05) is 4.90 Å². The summed E-state index contributed by atoms with van der Waals surface area (Å²) in [6, 6.07) is 5.28. The number of hydrogen-bond donors (Lipinski definition) is 0. The van der Waals surface area contributed by atoms with E-state index in [0.29, 0.717) is 35.2 Å². The molecule has 3 nitrogen and oxygen atoms in total. The Hall–Kier alpha value is -0.870. The molecule has 0 aromatic heterocycles. The summed E-state index contributed by atoms with van der Waals surface area (Å²) in [5.74, 6) is 1.28. The first-order valence-corrected chi connectivity index (χ1v) is 6.92. The zero-order valence-corrected chi connectivity index (χ0v) is 10.3. The van der Waals surface area contributed by atoms with E-state index in [2.05, 4.69) is 0 Å². The maximum absolute atomic E-state index is 11.3. The second kappa shape index (κ2) is 4.97. The van der Waals surface area contributed by atoms with Crippen LogP contribution in [0.3, 0.4) is 0 Å². The highest BCUT2D eigenvalue weighted by atomic mass is 35.5. The predicted molar refractivity (Wildman–Crippen MR) is 66.9 cm³/mol. The van der Waals surface area contributed by atoms with Crippen LogP contribution in [-0.4, -0.2) is 35.1 Å². The molecule has 1 fully saturated rings. The Kier molecular flexibility index (Phi) is 3.61. The minimum atomic E-state index is -0.723. The zero-order chi connectivity index (χ0) is 11.5. The van der Waals surface area contributed by atoms with Crippen LogP contribution in [0.15, 0.2) is 18.2 Å². The van der Waals surface area contributed by atoms with E-state index < -0.39 is 10.8 Å². The summed E-state index contributed by atoms with van der Waals surface area (Å²) in [6.07, 6.45) is 0.812. The van der Waals surface area contributed by atoms with Gasteiger partial charge < -0.3 is 4.90 Å². The number of halogens is 1. The second-order valence-electron chi connectivity index (χ2n) is 3.63. The standard InChI is InChI=1S/C11H12ClNO2S/c12-10-3-1-2-9(8-14)11(10)13-4-6-16(15)7-5-13/h1-3,8H,4-7H2. The summed E-state index contributed by atoms with van der Waals surface area (Å²) >= 11 is 6.10. The molecular weight excluding hydrogens is 246 g/mol. The number of para-hydroxylation sites is 1. The van der Waals surface area contributed by atoms with E-state index in [0.717, 1.165) is 12.0 Å². The van der Waals surface area contributed by atoms with Gasteiger partial charge in [0, 0.05) is 41.0 Å². The molecule has 1 aromatic carbocycles. The van der Waals surface area contributed by atoms with E-state index in [1.54, 1.807) is 18.2 Å². The lowest BCUT2D eigenvalue weighted by molar-refractivity contribution is 0.112. The van der Waals surface area contributed by atoms with Crippen LogP contribution in [-0.2, 0) is 10.8 Å². The van der Waals surface area contributed by atoms with Gasteiger partial charge >= 0.3 is 0 Å². The number of hydrogen-bond acceptors (Lipinski definition) is 3. The highest BCUT2D eigenvalue weighted by Gasteiger charge is 2.19. The Labute approximate surface area is 102 Å². The average Bonchev–Trinajstić information content (AvgIpc) is 2.30. The van der Waals surface area contributed by atoms with Crippen LogP contribution < -0.4 is 4.90 Å². The first kappa shape index (κ1) is 11.6. The third-order valence-corrected chi connectivity index (χ3v) is 4.22. The summed E-state index contributed by atoms with van der Waals surface area (Å²) < 4.78 is 11.3. The molecule has 0 spiro atoms. The zero-order valence-electron chi connectivity index (χ0n) is 8.69. The molecule has 0 N–H and O–H groups in total. The molecule has 0 atom stereocenters. The second-order valence-corrected chi connectivity index (χ2v) is 5.73. The van der Waals surface area contributed by atoms with Gasteiger partial charge in [0.05, 0.1) is 10.7 Å². The van der Waals surface area contributed by atoms with Crippen molar-refractivity contribution < 1.29 is 9.00 Å². The molecular formula is C11H12ClNO2S. The minimum Gasteiger partial charge on any atom is -0.368 e. The van der Waals surface area contributed by atoms with E-state index in [-0.39, 0.29) is 0 Å². The summed E-state index contributed by atoms with van der Waals surface area (Å²) in [7, 11) is -0.723. The molecule has 0 amide bonds. The normalized spacial score (nSPS) is 17.4. The smallest absolute Gasteiger partial charge is 0.152 e. The number of aldehydes is 1. The SMILES string of the molecule is O=Cc1cccc(Cl)c1N1CCS(=O)CC1. The molecule has 1 saturated heterocycles. The van der Waals surface area contributed by atoms with Gasteiger partial charge in [0.2, 0.25) is 0 Å². The van der Waals surface area contributed by atoms with Crippen molar-refractivity contribution in [1.29, 1.82) is 0 Å². The Morgan fingerprint density at radius 2 is 2.00 bits per heavy atom. The molecule has 0 unspecified atom stereocenters. The molecule has 0 saturated carbocycles. The first-order valence-electron chi connectivity index (χ1n) is 5.06. The van der Waals surface area contributed by atoms with Crippen LogP contribution >= 0.6 is 11.6 Å². The minimum absolute atomic E-state index is 0.581. The van der Waals surface area contributed by atoms with Gasteiger partial charge in [-0.15, -0.1) is 0 Å². The van der Waals surface area contributed by atoms with Crippen molar-refractivity contribution in [2.24, 2.45) is 0 Å². The quantitative estimate of drug-likeness (QED) is 0.757. The Balaban J connectivity index is 2.32. The topological polar surface area (TPSA) is 37.4 Å². The van der Waals surface area contributed by atoms with Crippen molar-refractivity contribution in [3.63, 3.8) is 0 Å². The van der Waals surface area contributed by atoms with Gasteiger partial charge in [0.25, 0.3) is 0 Å². The van der Waals surface area contributed by atoms with Gasteiger partial charge in [-0.3, -0.25) is 9.00 Å². The lowest BCUT2D eigenvalue weighted by Gasteiger charge is -2.30. The van der Waals surface area contributed by atoms with Crippen molar-refractivity contribution in [2.75, 3.05) is 29.5 Å². The molecule has 0 aliphatic carbocycles.